The molecule has 0 aliphatic carbocycles. The number of thiophene rings is 1. The number of likely N-dealkylation sites (tertiary alicyclic amines) is 1. The molecule has 0 N–H and O–H groups in total. The van der Waals surface area contributed by atoms with E-state index < -0.39 is 0 Å². The standard InChI is InChI=1S/C12H18ClNS/c1-9-4-10(7-15-9)5-14-6-11(13)12(2,3)8-14/h4,7,11H,5-6,8H2,1-3H3. The Morgan fingerprint density at radius 2 is 2.33 bits per heavy atom. The number of hydrogen-bond donors (Lipinski definition) is 0. The monoisotopic (exact) mass is 243 g/mol. The van der Waals surface area contributed by atoms with Gasteiger partial charge >= 0.3 is 0 Å². The van der Waals surface area contributed by atoms with E-state index in [1.54, 1.807) is 0 Å². The zero-order valence-electron chi connectivity index (χ0n) is 9.59. The van der Waals surface area contributed by atoms with Gasteiger partial charge in [0.2, 0.25) is 0 Å². The molecular weight excluding hydrogens is 226 g/mol. The highest BCUT2D eigenvalue weighted by Crippen LogP contribution is 2.34. The van der Waals surface area contributed by atoms with Crippen molar-refractivity contribution in [2.24, 2.45) is 5.41 Å². The van der Waals surface area contributed by atoms with Crippen molar-refractivity contribution in [1.29, 1.82) is 0 Å². The Bertz CT molecular complexity index is 345. The molecule has 1 aliphatic rings. The largest absolute Gasteiger partial charge is 0.297 e. The zero-order valence-corrected chi connectivity index (χ0v) is 11.2. The van der Waals surface area contributed by atoms with Crippen LogP contribution in [0.25, 0.3) is 0 Å². The Kier molecular flexibility index (Phi) is 3.11. The van der Waals surface area contributed by atoms with E-state index in [0.717, 1.165) is 19.6 Å². The second kappa shape index (κ2) is 4.08. The second-order valence-electron chi connectivity index (χ2n) is 5.19. The number of hydrogen-bond acceptors (Lipinski definition) is 2. The molecule has 1 unspecified atom stereocenters. The first-order valence-corrected chi connectivity index (χ1v) is 6.69. The molecule has 3 heteroatoms. The van der Waals surface area contributed by atoms with Crippen molar-refractivity contribution in [3.05, 3.63) is 21.9 Å². The van der Waals surface area contributed by atoms with Gasteiger partial charge in [0.15, 0.2) is 0 Å². The summed E-state index contributed by atoms with van der Waals surface area (Å²) in [5.74, 6) is 0. The van der Waals surface area contributed by atoms with Crippen LogP contribution >= 0.6 is 22.9 Å². The minimum atomic E-state index is 0.257. The summed E-state index contributed by atoms with van der Waals surface area (Å²) in [5.41, 5.74) is 1.69. The van der Waals surface area contributed by atoms with Crippen molar-refractivity contribution in [2.75, 3.05) is 13.1 Å². The smallest absolute Gasteiger partial charge is 0.0526 e. The molecule has 0 amide bonds. The van der Waals surface area contributed by atoms with E-state index in [0.29, 0.717) is 0 Å². The van der Waals surface area contributed by atoms with Gasteiger partial charge in [-0.2, -0.15) is 0 Å². The summed E-state index contributed by atoms with van der Waals surface area (Å²) in [5, 5.41) is 2.54. The zero-order chi connectivity index (χ0) is 11.1. The Balaban J connectivity index is 1.98. The van der Waals surface area contributed by atoms with Gasteiger partial charge in [0.05, 0.1) is 5.38 Å². The fourth-order valence-corrected chi connectivity index (χ4v) is 3.14. The highest BCUT2D eigenvalue weighted by molar-refractivity contribution is 7.10. The normalized spacial score (nSPS) is 26.0. The van der Waals surface area contributed by atoms with Crippen LogP contribution in [-0.4, -0.2) is 23.4 Å². The van der Waals surface area contributed by atoms with Crippen molar-refractivity contribution in [3.63, 3.8) is 0 Å². The summed E-state index contributed by atoms with van der Waals surface area (Å²) in [7, 11) is 0. The van der Waals surface area contributed by atoms with Gasteiger partial charge in [-0.1, -0.05) is 13.8 Å². The maximum absolute atomic E-state index is 6.33. The number of rotatable bonds is 2. The molecule has 2 heterocycles. The Morgan fingerprint density at radius 1 is 1.60 bits per heavy atom. The highest BCUT2D eigenvalue weighted by atomic mass is 35.5. The van der Waals surface area contributed by atoms with E-state index in [1.165, 1.54) is 10.4 Å². The van der Waals surface area contributed by atoms with Gasteiger partial charge < -0.3 is 0 Å². The maximum atomic E-state index is 6.33. The predicted molar refractivity (Wildman–Crippen MR) is 67.8 cm³/mol. The van der Waals surface area contributed by atoms with Crippen molar-refractivity contribution in [2.45, 2.75) is 32.7 Å². The fraction of sp³-hybridized carbons (Fsp3) is 0.667. The lowest BCUT2D eigenvalue weighted by Gasteiger charge is -2.20. The molecule has 1 aliphatic heterocycles. The Morgan fingerprint density at radius 3 is 2.80 bits per heavy atom. The summed E-state index contributed by atoms with van der Waals surface area (Å²) in [6, 6.07) is 2.28. The fourth-order valence-electron chi connectivity index (χ4n) is 2.17. The van der Waals surface area contributed by atoms with Crippen molar-refractivity contribution in [3.8, 4) is 0 Å². The van der Waals surface area contributed by atoms with Crippen molar-refractivity contribution in [1.82, 2.24) is 4.90 Å². The molecule has 1 nitrogen and oxygen atoms in total. The average Bonchev–Trinajstić information content (AvgIpc) is 2.59. The van der Waals surface area contributed by atoms with Gasteiger partial charge in [0.1, 0.15) is 0 Å². The number of alkyl halides is 1. The lowest BCUT2D eigenvalue weighted by molar-refractivity contribution is 0.285. The molecule has 1 saturated heterocycles. The van der Waals surface area contributed by atoms with Crippen LogP contribution in [0.3, 0.4) is 0 Å². The van der Waals surface area contributed by atoms with Gasteiger partial charge in [0.25, 0.3) is 0 Å². The molecule has 84 valence electrons. The quantitative estimate of drug-likeness (QED) is 0.719. The van der Waals surface area contributed by atoms with E-state index in [9.17, 15) is 0 Å². The summed E-state index contributed by atoms with van der Waals surface area (Å²) >= 11 is 8.16. The summed E-state index contributed by atoms with van der Waals surface area (Å²) in [6.45, 7) is 9.84. The first-order valence-electron chi connectivity index (χ1n) is 5.38. The molecular formula is C12H18ClNS. The van der Waals surface area contributed by atoms with Crippen LogP contribution in [0, 0.1) is 12.3 Å². The SMILES string of the molecule is Cc1cc(CN2CC(Cl)C(C)(C)C2)cs1. The van der Waals surface area contributed by atoms with Crippen LogP contribution in [0.15, 0.2) is 11.4 Å². The highest BCUT2D eigenvalue weighted by Gasteiger charge is 2.37. The van der Waals surface area contributed by atoms with Gasteiger partial charge in [0, 0.05) is 24.5 Å². The molecule has 0 spiro atoms. The average molecular weight is 244 g/mol. The van der Waals surface area contributed by atoms with Crippen LogP contribution < -0.4 is 0 Å². The Labute approximate surface area is 101 Å². The third-order valence-corrected chi connectivity index (χ3v) is 4.73. The third kappa shape index (κ3) is 2.55. The van der Waals surface area contributed by atoms with Crippen LogP contribution in [0.2, 0.25) is 0 Å². The topological polar surface area (TPSA) is 3.24 Å². The molecule has 0 radical (unpaired) electrons. The van der Waals surface area contributed by atoms with Gasteiger partial charge in [-0.25, -0.2) is 0 Å². The van der Waals surface area contributed by atoms with Gasteiger partial charge in [-0.15, -0.1) is 22.9 Å². The predicted octanol–water partition coefficient (Wildman–Crippen LogP) is 3.51. The molecule has 1 fully saturated rings. The van der Waals surface area contributed by atoms with Crippen LogP contribution in [-0.2, 0) is 6.54 Å². The van der Waals surface area contributed by atoms with E-state index in [2.05, 4.69) is 37.1 Å². The van der Waals surface area contributed by atoms with Crippen LogP contribution in [0.1, 0.15) is 24.3 Å². The van der Waals surface area contributed by atoms with E-state index in [4.69, 9.17) is 11.6 Å². The van der Waals surface area contributed by atoms with Crippen LogP contribution in [0.4, 0.5) is 0 Å². The summed E-state index contributed by atoms with van der Waals surface area (Å²) < 4.78 is 0. The molecule has 15 heavy (non-hydrogen) atoms. The Hall–Kier alpha value is -0.0500. The molecule has 0 aromatic carbocycles. The minimum Gasteiger partial charge on any atom is -0.297 e. The number of halogens is 1. The number of nitrogens with zero attached hydrogens (tertiary/aromatic N) is 1. The molecule has 2 rings (SSSR count). The van der Waals surface area contributed by atoms with Gasteiger partial charge in [-0.3, -0.25) is 4.90 Å². The summed E-state index contributed by atoms with van der Waals surface area (Å²) in [6.07, 6.45) is 0. The first-order chi connectivity index (χ1) is 6.97. The molecule has 1 aromatic rings. The third-order valence-electron chi connectivity index (χ3n) is 3.09. The minimum absolute atomic E-state index is 0.257. The molecule has 1 atom stereocenters. The lowest BCUT2D eigenvalue weighted by atomic mass is 9.92. The molecule has 1 aromatic heterocycles. The lowest BCUT2D eigenvalue weighted by Crippen LogP contribution is -2.23. The molecule has 0 bridgehead atoms. The van der Waals surface area contributed by atoms with E-state index >= 15 is 0 Å². The van der Waals surface area contributed by atoms with E-state index in [1.807, 2.05) is 11.3 Å². The van der Waals surface area contributed by atoms with Crippen LogP contribution in [0.5, 0.6) is 0 Å². The number of aryl methyl sites for hydroxylation is 1. The second-order valence-corrected chi connectivity index (χ2v) is 6.83. The summed E-state index contributed by atoms with van der Waals surface area (Å²) in [4.78, 5) is 3.85. The van der Waals surface area contributed by atoms with Crippen molar-refractivity contribution >= 4 is 22.9 Å². The maximum Gasteiger partial charge on any atom is 0.0526 e. The van der Waals surface area contributed by atoms with Crippen molar-refractivity contribution < 1.29 is 0 Å². The first kappa shape index (κ1) is 11.4. The van der Waals surface area contributed by atoms with E-state index in [-0.39, 0.29) is 10.8 Å². The van der Waals surface area contributed by atoms with Gasteiger partial charge in [-0.05, 0) is 29.3 Å². The molecule has 0 saturated carbocycles.